The fourth-order valence-electron chi connectivity index (χ4n) is 9.04. The summed E-state index contributed by atoms with van der Waals surface area (Å²) in [6.07, 6.45) is 4.66. The van der Waals surface area contributed by atoms with Gasteiger partial charge in [0.25, 0.3) is 5.91 Å². The van der Waals surface area contributed by atoms with Crippen LogP contribution in [0.3, 0.4) is 0 Å². The topological polar surface area (TPSA) is 85.6 Å². The van der Waals surface area contributed by atoms with Crippen LogP contribution in [0.15, 0.2) is 30.6 Å². The lowest BCUT2D eigenvalue weighted by Crippen LogP contribution is -2.61. The molecule has 44 heavy (non-hydrogen) atoms. The molecule has 0 bridgehead atoms. The number of anilines is 1. The van der Waals surface area contributed by atoms with Crippen LogP contribution in [-0.2, 0) is 23.1 Å². The number of fused-ring (bicyclic) bond motifs is 6. The molecule has 1 aromatic heterocycles. The second-order valence-electron chi connectivity index (χ2n) is 13.6. The van der Waals surface area contributed by atoms with E-state index < -0.39 is 29.4 Å². The largest absolute Gasteiger partial charge is 0.461 e. The molecule has 8 nitrogen and oxygen atoms in total. The number of ether oxygens (including phenoxy) is 1. The molecule has 3 aliphatic carbocycles. The Balaban J connectivity index is 1.15. The van der Waals surface area contributed by atoms with E-state index in [0.29, 0.717) is 55.0 Å². The van der Waals surface area contributed by atoms with Gasteiger partial charge in [0, 0.05) is 48.2 Å². The Morgan fingerprint density at radius 2 is 2.00 bits per heavy atom. The summed E-state index contributed by atoms with van der Waals surface area (Å²) in [7, 11) is 0. The first-order chi connectivity index (χ1) is 21.2. The van der Waals surface area contributed by atoms with Gasteiger partial charge in [-0.25, -0.2) is 8.78 Å². The number of piperidine rings is 1. The van der Waals surface area contributed by atoms with Crippen molar-refractivity contribution in [3.8, 4) is 12.1 Å². The molecular weight excluding hydrogens is 586 g/mol. The van der Waals surface area contributed by atoms with Crippen molar-refractivity contribution in [2.75, 3.05) is 37.7 Å². The van der Waals surface area contributed by atoms with Crippen molar-refractivity contribution in [1.82, 2.24) is 19.8 Å². The van der Waals surface area contributed by atoms with Crippen molar-refractivity contribution in [1.29, 1.82) is 5.26 Å². The molecular formula is C33H35ClF2N6O2. The monoisotopic (exact) mass is 620 g/mol. The number of rotatable bonds is 6. The molecule has 2 aromatic rings. The zero-order valence-corrected chi connectivity index (χ0v) is 25.3. The van der Waals surface area contributed by atoms with E-state index in [1.54, 1.807) is 0 Å². The predicted molar refractivity (Wildman–Crippen MR) is 160 cm³/mol. The summed E-state index contributed by atoms with van der Waals surface area (Å²) in [6, 6.07) is 8.17. The lowest BCUT2D eigenvalue weighted by Gasteiger charge is -2.49. The number of carbonyl (C=O) groups is 1. The third-order valence-corrected chi connectivity index (χ3v) is 11.8. The maximum Gasteiger partial charge on any atom is 0.318 e. The number of benzene rings is 1. The number of piperazine rings is 1. The summed E-state index contributed by atoms with van der Waals surface area (Å²) < 4.78 is 37.3. The Morgan fingerprint density at radius 3 is 2.73 bits per heavy atom. The molecule has 1 saturated carbocycles. The smallest absolute Gasteiger partial charge is 0.318 e. The lowest BCUT2D eigenvalue weighted by molar-refractivity contribution is -0.131. The van der Waals surface area contributed by atoms with Gasteiger partial charge in [-0.2, -0.15) is 15.2 Å². The Morgan fingerprint density at radius 1 is 1.18 bits per heavy atom. The summed E-state index contributed by atoms with van der Waals surface area (Å²) in [4.78, 5) is 28.1. The first-order valence-electron chi connectivity index (χ1n) is 15.7. The molecule has 3 saturated heterocycles. The van der Waals surface area contributed by atoms with Crippen LogP contribution in [0.25, 0.3) is 0 Å². The highest BCUT2D eigenvalue weighted by Crippen LogP contribution is 2.59. The highest BCUT2D eigenvalue weighted by atomic mass is 35.5. The Bertz CT molecular complexity index is 1620. The first kappa shape index (κ1) is 28.2. The van der Waals surface area contributed by atoms with Gasteiger partial charge in [0.1, 0.15) is 12.4 Å². The van der Waals surface area contributed by atoms with Crippen LogP contribution < -0.4 is 9.64 Å². The molecule has 1 aromatic carbocycles. The van der Waals surface area contributed by atoms with E-state index in [0.717, 1.165) is 48.4 Å². The second kappa shape index (κ2) is 10.1. The van der Waals surface area contributed by atoms with Crippen LogP contribution in [0.1, 0.15) is 67.1 Å². The molecule has 1 amide bonds. The average Bonchev–Trinajstić information content (AvgIpc) is 3.57. The van der Waals surface area contributed by atoms with E-state index in [9.17, 15) is 14.4 Å². The van der Waals surface area contributed by atoms with E-state index in [4.69, 9.17) is 26.3 Å². The summed E-state index contributed by atoms with van der Waals surface area (Å²) in [5.74, 6) is -0.519. The standard InChI is InChI=1S/C33H35ClF2N6O2/c1-19(35)30(43)41-14-13-40(17-21(41)7-11-37)29-23-6-9-33(8-5-22-24(33)3-2-4-25(22)34)28(36)27(23)38-31(39-29)44-18-32-10-12-42(32)26-15-20(26)16-32/h2-4,20-21,26,28H,1,5-10,12-18H2/t20-,21-,26-,28-,32-,33+/m0/s1. The summed E-state index contributed by atoms with van der Waals surface area (Å²) in [5.41, 5.74) is 2.37. The molecule has 0 radical (unpaired) electrons. The third kappa shape index (κ3) is 4.11. The van der Waals surface area contributed by atoms with Gasteiger partial charge in [-0.3, -0.25) is 9.69 Å². The van der Waals surface area contributed by atoms with E-state index in [2.05, 4.69) is 17.5 Å². The number of aromatic nitrogens is 2. The third-order valence-electron chi connectivity index (χ3n) is 11.4. The van der Waals surface area contributed by atoms with Crippen LogP contribution in [0, 0.1) is 17.2 Å². The zero-order valence-electron chi connectivity index (χ0n) is 24.6. The summed E-state index contributed by atoms with van der Waals surface area (Å²) >= 11 is 6.55. The molecule has 8 rings (SSSR count). The number of hydrogen-bond donors (Lipinski definition) is 0. The van der Waals surface area contributed by atoms with Crippen molar-refractivity contribution >= 4 is 23.3 Å². The van der Waals surface area contributed by atoms with Crippen LogP contribution in [0.5, 0.6) is 6.01 Å². The minimum absolute atomic E-state index is 0.0170. The minimum Gasteiger partial charge on any atom is -0.461 e. The first-order valence-corrected chi connectivity index (χ1v) is 16.1. The minimum atomic E-state index is -1.37. The van der Waals surface area contributed by atoms with Gasteiger partial charge in [0.2, 0.25) is 0 Å². The van der Waals surface area contributed by atoms with Crippen molar-refractivity contribution in [2.45, 2.75) is 80.6 Å². The number of nitriles is 1. The van der Waals surface area contributed by atoms with Crippen molar-refractivity contribution < 1.29 is 18.3 Å². The summed E-state index contributed by atoms with van der Waals surface area (Å²) in [6.45, 7) is 5.53. The number of nitrogens with zero attached hydrogens (tertiary/aromatic N) is 6. The van der Waals surface area contributed by atoms with E-state index in [1.165, 1.54) is 11.3 Å². The molecule has 230 valence electrons. The van der Waals surface area contributed by atoms with Gasteiger partial charge in [-0.05, 0) is 68.1 Å². The van der Waals surface area contributed by atoms with Crippen LogP contribution in [0.4, 0.5) is 14.6 Å². The maximum atomic E-state index is 17.1. The number of amides is 1. The number of alkyl halides is 1. The van der Waals surface area contributed by atoms with E-state index in [1.807, 2.05) is 23.1 Å². The molecule has 11 heteroatoms. The quantitative estimate of drug-likeness (QED) is 0.420. The van der Waals surface area contributed by atoms with Gasteiger partial charge >= 0.3 is 6.01 Å². The highest BCUT2D eigenvalue weighted by Gasteiger charge is 2.64. The van der Waals surface area contributed by atoms with Crippen LogP contribution in [0.2, 0.25) is 5.02 Å². The summed E-state index contributed by atoms with van der Waals surface area (Å²) in [5, 5.41) is 10.2. The Kier molecular flexibility index (Phi) is 6.48. The number of carbonyl (C=O) groups excluding carboxylic acids is 1. The Hall–Kier alpha value is -3.29. The zero-order chi connectivity index (χ0) is 30.4. The average molecular weight is 621 g/mol. The van der Waals surface area contributed by atoms with Crippen molar-refractivity contribution in [2.24, 2.45) is 5.92 Å². The molecule has 0 N–H and O–H groups in total. The Labute approximate surface area is 260 Å². The van der Waals surface area contributed by atoms with Crippen molar-refractivity contribution in [3.63, 3.8) is 0 Å². The normalized spacial score (nSPS) is 33.1. The highest BCUT2D eigenvalue weighted by molar-refractivity contribution is 6.31. The molecule has 1 spiro atoms. The fraction of sp³-hybridized carbons (Fsp3) is 0.576. The maximum absolute atomic E-state index is 17.1. The van der Waals surface area contributed by atoms with Gasteiger partial charge in [-0.1, -0.05) is 30.3 Å². The van der Waals surface area contributed by atoms with Gasteiger partial charge in [-0.15, -0.1) is 0 Å². The second-order valence-corrected chi connectivity index (χ2v) is 14.0. The fourth-order valence-corrected chi connectivity index (χ4v) is 9.31. The van der Waals surface area contributed by atoms with E-state index in [-0.39, 0.29) is 31.1 Å². The molecule has 0 unspecified atom stereocenters. The van der Waals surface area contributed by atoms with Crippen molar-refractivity contribution in [3.05, 3.63) is 58.0 Å². The molecule has 6 aliphatic rings. The number of halogens is 3. The van der Waals surface area contributed by atoms with Gasteiger partial charge in [0.05, 0.1) is 29.8 Å². The molecule has 3 aliphatic heterocycles. The molecule has 4 fully saturated rings. The SMILES string of the molecule is C=C(F)C(=O)N1CCN(c2nc(OC[C@@]34CCN3[C@H]3C[C@H]3C4)nc3c2CC[C@@]2(CCc4c(Cl)cccc42)[C@H]3F)C[C@@H]1CC#N. The molecule has 6 atom stereocenters. The number of hydrogen-bond acceptors (Lipinski definition) is 7. The van der Waals surface area contributed by atoms with E-state index >= 15 is 4.39 Å². The predicted octanol–water partition coefficient (Wildman–Crippen LogP) is 5.00. The van der Waals surface area contributed by atoms with Gasteiger partial charge in [0.15, 0.2) is 12.0 Å². The van der Waals surface area contributed by atoms with Gasteiger partial charge < -0.3 is 14.5 Å². The molecule has 4 heterocycles. The van der Waals surface area contributed by atoms with Crippen LogP contribution >= 0.6 is 11.6 Å². The lowest BCUT2D eigenvalue weighted by atomic mass is 9.68. The van der Waals surface area contributed by atoms with Crippen LogP contribution in [-0.4, -0.2) is 76.1 Å².